The molecule has 0 bridgehead atoms. The van der Waals surface area contributed by atoms with Crippen LogP contribution in [-0.4, -0.2) is 18.3 Å². The Balaban J connectivity index is 0.000000134. The second-order valence-corrected chi connectivity index (χ2v) is 30.9. The second kappa shape index (κ2) is 26.1. The summed E-state index contributed by atoms with van der Waals surface area (Å²) in [5.74, 6) is 0. The van der Waals surface area contributed by atoms with E-state index in [1.165, 1.54) is 219 Å². The van der Waals surface area contributed by atoms with Gasteiger partial charge in [0.05, 0.1) is 44.1 Å². The van der Waals surface area contributed by atoms with Gasteiger partial charge in [0.15, 0.2) is 0 Å². The van der Waals surface area contributed by atoms with Gasteiger partial charge in [0.1, 0.15) is 0 Å². The first-order valence-corrected chi connectivity index (χ1v) is 40.1. The van der Waals surface area contributed by atoms with E-state index in [9.17, 15) is 0 Å². The maximum atomic E-state index is 2.44. The molecule has 0 fully saturated rings. The SMILES string of the molecule is c1ccc(-n2c3ccccc3c3cc(-c4ccc5c6ccccc6n(-c6ccc(-c7cc8c9ccccc9c9ccccc9c8c8ccccc78)cc6)c5c4)ccc32)cc1.c1ccc(-n2c3ccccc3c3cc(-c4ccc5c6ccccc6n(-c6ccc(-c7cc8ccc9ccccc9c8c8ccccc78)cc6)c5c4)ccc32)cc1. The Morgan fingerprint density at radius 2 is 0.405 bits per heavy atom. The Kier molecular flexibility index (Phi) is 14.7. The van der Waals surface area contributed by atoms with E-state index >= 15 is 0 Å². The summed E-state index contributed by atoms with van der Waals surface area (Å²) in [6.45, 7) is 0. The summed E-state index contributed by atoms with van der Waals surface area (Å²) in [6.07, 6.45) is 0. The van der Waals surface area contributed by atoms with Gasteiger partial charge in [0, 0.05) is 65.8 Å². The Labute approximate surface area is 668 Å². The molecule has 0 N–H and O–H groups in total. The number of para-hydroxylation sites is 6. The van der Waals surface area contributed by atoms with Crippen LogP contribution in [0.5, 0.6) is 0 Å². The third-order valence-electron chi connectivity index (χ3n) is 24.8. The van der Waals surface area contributed by atoms with E-state index in [2.05, 4.69) is 443 Å². The average molecular weight is 1470 g/mol. The molecular weight excluding hydrogens is 1400 g/mol. The number of aromatic nitrogens is 4. The fourth-order valence-electron chi connectivity index (χ4n) is 19.6. The number of hydrogen-bond donors (Lipinski definition) is 0. The summed E-state index contributed by atoms with van der Waals surface area (Å²) >= 11 is 0. The predicted octanol–water partition coefficient (Wildman–Crippen LogP) is 30.5. The molecule has 0 unspecified atom stereocenters. The highest BCUT2D eigenvalue weighted by Crippen LogP contribution is 2.47. The van der Waals surface area contributed by atoms with Crippen molar-refractivity contribution in [2.24, 2.45) is 0 Å². The Morgan fingerprint density at radius 3 is 0.871 bits per heavy atom. The van der Waals surface area contributed by atoms with Crippen molar-refractivity contribution in [3.63, 3.8) is 0 Å². The lowest BCUT2D eigenvalue weighted by Gasteiger charge is -2.16. The molecule has 25 aromatic rings. The monoisotopic (exact) mass is 1470 g/mol. The first kappa shape index (κ1) is 65.4. The number of nitrogens with zero attached hydrogens (tertiary/aromatic N) is 4. The van der Waals surface area contributed by atoms with Gasteiger partial charge in [-0.25, -0.2) is 0 Å². The molecule has 538 valence electrons. The summed E-state index contributed by atoms with van der Waals surface area (Å²) in [6, 6.07) is 156. The number of benzene rings is 21. The first-order chi connectivity index (χ1) is 57.6. The molecule has 4 heteroatoms. The summed E-state index contributed by atoms with van der Waals surface area (Å²) in [5.41, 5.74) is 24.0. The molecule has 116 heavy (non-hydrogen) atoms. The van der Waals surface area contributed by atoms with E-state index in [0.717, 1.165) is 11.4 Å². The van der Waals surface area contributed by atoms with Gasteiger partial charge in [-0.05, 0) is 241 Å². The highest BCUT2D eigenvalue weighted by molar-refractivity contribution is 6.33. The van der Waals surface area contributed by atoms with Crippen molar-refractivity contribution < 1.29 is 0 Å². The van der Waals surface area contributed by atoms with Crippen molar-refractivity contribution in [3.05, 3.63) is 425 Å². The third-order valence-corrected chi connectivity index (χ3v) is 24.8. The molecule has 0 atom stereocenters. The van der Waals surface area contributed by atoms with E-state index < -0.39 is 0 Å². The molecule has 0 saturated heterocycles. The van der Waals surface area contributed by atoms with Crippen LogP contribution in [0, 0.1) is 0 Å². The van der Waals surface area contributed by atoms with Crippen LogP contribution in [0.15, 0.2) is 425 Å². The van der Waals surface area contributed by atoms with Gasteiger partial charge in [-0.3, -0.25) is 0 Å². The molecule has 4 nitrogen and oxygen atoms in total. The lowest BCUT2D eigenvalue weighted by Crippen LogP contribution is -1.94. The van der Waals surface area contributed by atoms with Gasteiger partial charge in [0.25, 0.3) is 0 Å². The minimum Gasteiger partial charge on any atom is -0.309 e. The molecule has 25 rings (SSSR count). The standard InChI is InChI=1S/C58H36N2.C54H34N2/c1-2-14-40(15-3-1)59-55-25-13-11-21-47(55)52-34-38(29-33-56(52)59)39-28-32-48-46-20-10-12-24-54(46)60(57(48)35-39)41-30-26-37(27-31-41)51-36-53-44-18-5-4-16-42(44)43-17-6-8-22-49(43)58(53)50-23-9-7-19-45(50)51;1-2-13-40(14-3-1)55-51-21-11-9-18-45(51)49-32-37(27-31-52(49)55)38-26-30-46-44-17-8-10-20-50(44)56(53(46)34-38)41-28-24-36(25-29-41)48-33-39-23-22-35-12-4-5-15-42(35)54(39)47-19-7-6-16-43(47)48/h1-36H;1-34H. The first-order valence-electron chi connectivity index (χ1n) is 40.1. The molecule has 4 heterocycles. The molecule has 0 radical (unpaired) electrons. The Morgan fingerprint density at radius 1 is 0.121 bits per heavy atom. The minimum absolute atomic E-state index is 1.14. The fourth-order valence-corrected chi connectivity index (χ4v) is 19.6. The van der Waals surface area contributed by atoms with Gasteiger partial charge in [-0.2, -0.15) is 0 Å². The molecule has 0 amide bonds. The van der Waals surface area contributed by atoms with Crippen molar-refractivity contribution in [2.45, 2.75) is 0 Å². The number of fused-ring (bicyclic) bond motifs is 25. The lowest BCUT2D eigenvalue weighted by atomic mass is 9.87. The highest BCUT2D eigenvalue weighted by Gasteiger charge is 2.22. The lowest BCUT2D eigenvalue weighted by molar-refractivity contribution is 1.18. The molecule has 21 aromatic carbocycles. The van der Waals surface area contributed by atoms with Crippen LogP contribution in [0.3, 0.4) is 0 Å². The van der Waals surface area contributed by atoms with Crippen molar-refractivity contribution in [2.75, 3.05) is 0 Å². The zero-order chi connectivity index (χ0) is 76.1. The minimum atomic E-state index is 1.14. The molecule has 0 aliphatic rings. The Hall–Kier alpha value is -15.4. The molecule has 0 aliphatic carbocycles. The summed E-state index contributed by atoms with van der Waals surface area (Å²) in [5, 5.41) is 28.1. The van der Waals surface area contributed by atoms with Gasteiger partial charge in [-0.15, -0.1) is 0 Å². The highest BCUT2D eigenvalue weighted by atomic mass is 15.0. The van der Waals surface area contributed by atoms with Crippen LogP contribution in [0.25, 0.3) is 230 Å². The average Bonchev–Trinajstić information content (AvgIpc) is 0.955. The van der Waals surface area contributed by atoms with Crippen LogP contribution >= 0.6 is 0 Å². The van der Waals surface area contributed by atoms with Crippen LogP contribution in [0.4, 0.5) is 0 Å². The van der Waals surface area contributed by atoms with Crippen LogP contribution in [-0.2, 0) is 0 Å². The van der Waals surface area contributed by atoms with Gasteiger partial charge < -0.3 is 18.3 Å². The zero-order valence-corrected chi connectivity index (χ0v) is 63.2. The van der Waals surface area contributed by atoms with E-state index in [-0.39, 0.29) is 0 Å². The third kappa shape index (κ3) is 10.1. The van der Waals surface area contributed by atoms with E-state index in [4.69, 9.17) is 0 Å². The molecular formula is C112H70N4. The fraction of sp³-hybridized carbons (Fsp3) is 0. The molecule has 0 aliphatic heterocycles. The topological polar surface area (TPSA) is 19.7 Å². The van der Waals surface area contributed by atoms with E-state index in [0.29, 0.717) is 0 Å². The predicted molar refractivity (Wildman–Crippen MR) is 495 cm³/mol. The number of rotatable bonds is 8. The summed E-state index contributed by atoms with van der Waals surface area (Å²) < 4.78 is 9.63. The van der Waals surface area contributed by atoms with Gasteiger partial charge in [0.2, 0.25) is 0 Å². The largest absolute Gasteiger partial charge is 0.309 e. The van der Waals surface area contributed by atoms with Gasteiger partial charge >= 0.3 is 0 Å². The second-order valence-electron chi connectivity index (χ2n) is 30.9. The number of hydrogen-bond acceptors (Lipinski definition) is 0. The van der Waals surface area contributed by atoms with Crippen molar-refractivity contribution in [3.8, 4) is 67.3 Å². The normalized spacial score (nSPS) is 12.0. The van der Waals surface area contributed by atoms with E-state index in [1.807, 2.05) is 0 Å². The quantitative estimate of drug-likeness (QED) is 0.135. The van der Waals surface area contributed by atoms with E-state index in [1.54, 1.807) is 0 Å². The molecule has 4 aromatic heterocycles. The maximum Gasteiger partial charge on any atom is 0.0547 e. The molecule has 0 spiro atoms. The van der Waals surface area contributed by atoms with Crippen LogP contribution in [0.2, 0.25) is 0 Å². The zero-order valence-electron chi connectivity index (χ0n) is 63.2. The Bertz CT molecular complexity index is 8360. The smallest absolute Gasteiger partial charge is 0.0547 e. The van der Waals surface area contributed by atoms with Crippen molar-refractivity contribution in [1.82, 2.24) is 18.3 Å². The van der Waals surface area contributed by atoms with Crippen LogP contribution in [0.1, 0.15) is 0 Å². The maximum absolute atomic E-state index is 2.44. The molecule has 0 saturated carbocycles. The van der Waals surface area contributed by atoms with Gasteiger partial charge in [-0.1, -0.05) is 303 Å². The van der Waals surface area contributed by atoms with Crippen molar-refractivity contribution >= 4 is 163 Å². The van der Waals surface area contributed by atoms with Crippen molar-refractivity contribution in [1.29, 1.82) is 0 Å². The van der Waals surface area contributed by atoms with Crippen LogP contribution < -0.4 is 0 Å². The summed E-state index contributed by atoms with van der Waals surface area (Å²) in [7, 11) is 0. The summed E-state index contributed by atoms with van der Waals surface area (Å²) in [4.78, 5) is 0.